The van der Waals surface area contributed by atoms with Crippen LogP contribution in [-0.2, 0) is 0 Å². The van der Waals surface area contributed by atoms with Crippen molar-refractivity contribution in [3.63, 3.8) is 0 Å². The Morgan fingerprint density at radius 1 is 1.28 bits per heavy atom. The highest BCUT2D eigenvalue weighted by atomic mass is 19.1. The zero-order valence-corrected chi connectivity index (χ0v) is 10.1. The molecule has 0 radical (unpaired) electrons. The van der Waals surface area contributed by atoms with Crippen molar-refractivity contribution in [3.05, 3.63) is 29.6 Å². The minimum atomic E-state index is -0.465. The fraction of sp³-hybridized carbons (Fsp3) is 0.462. The molecule has 1 aliphatic rings. The molecule has 0 saturated carbocycles. The van der Waals surface area contributed by atoms with Crippen LogP contribution in [0.3, 0.4) is 0 Å². The minimum absolute atomic E-state index is 0.119. The standard InChI is InChI=1S/C13H16FN3O/c14-12-2-1-3-13(11(12)10-15)17-6-4-16(5-7-17)8-9-18/h1-3,18H,4-9H2. The van der Waals surface area contributed by atoms with Gasteiger partial charge in [0, 0.05) is 32.7 Å². The van der Waals surface area contributed by atoms with E-state index in [1.54, 1.807) is 12.1 Å². The fourth-order valence-electron chi connectivity index (χ4n) is 2.24. The van der Waals surface area contributed by atoms with Crippen molar-refractivity contribution in [2.75, 3.05) is 44.2 Å². The Bertz CT molecular complexity index is 450. The third kappa shape index (κ3) is 2.61. The molecule has 0 bridgehead atoms. The first-order valence-electron chi connectivity index (χ1n) is 6.03. The molecule has 0 atom stereocenters. The number of halogens is 1. The van der Waals surface area contributed by atoms with Crippen LogP contribution in [0.25, 0.3) is 0 Å². The molecule has 0 spiro atoms. The molecule has 5 heteroatoms. The van der Waals surface area contributed by atoms with E-state index in [0.717, 1.165) is 26.2 Å². The molecule has 4 nitrogen and oxygen atoms in total. The van der Waals surface area contributed by atoms with Gasteiger partial charge in [0.05, 0.1) is 12.3 Å². The molecule has 0 aliphatic carbocycles. The van der Waals surface area contributed by atoms with E-state index in [-0.39, 0.29) is 12.2 Å². The van der Waals surface area contributed by atoms with Gasteiger partial charge < -0.3 is 10.0 Å². The van der Waals surface area contributed by atoms with Gasteiger partial charge in [-0.2, -0.15) is 5.26 Å². The molecular formula is C13H16FN3O. The van der Waals surface area contributed by atoms with Gasteiger partial charge in [0.2, 0.25) is 0 Å². The third-order valence-electron chi connectivity index (χ3n) is 3.23. The highest BCUT2D eigenvalue weighted by Crippen LogP contribution is 2.23. The van der Waals surface area contributed by atoms with Crippen molar-refractivity contribution in [2.24, 2.45) is 0 Å². The van der Waals surface area contributed by atoms with E-state index in [2.05, 4.69) is 4.90 Å². The molecule has 2 rings (SSSR count). The van der Waals surface area contributed by atoms with Crippen LogP contribution in [0.15, 0.2) is 18.2 Å². The molecule has 18 heavy (non-hydrogen) atoms. The number of hydrogen-bond donors (Lipinski definition) is 1. The molecule has 96 valence electrons. The molecule has 1 N–H and O–H groups in total. The highest BCUT2D eigenvalue weighted by molar-refractivity contribution is 5.60. The maximum absolute atomic E-state index is 13.5. The maximum atomic E-state index is 13.5. The number of anilines is 1. The first-order chi connectivity index (χ1) is 8.76. The number of rotatable bonds is 3. The second-order valence-electron chi connectivity index (χ2n) is 4.30. The summed E-state index contributed by atoms with van der Waals surface area (Å²) in [6.45, 7) is 3.96. The number of aliphatic hydroxyl groups excluding tert-OH is 1. The van der Waals surface area contributed by atoms with Gasteiger partial charge in [-0.05, 0) is 12.1 Å². The summed E-state index contributed by atoms with van der Waals surface area (Å²) >= 11 is 0. The van der Waals surface area contributed by atoms with Crippen molar-refractivity contribution in [3.8, 4) is 6.07 Å². The highest BCUT2D eigenvalue weighted by Gasteiger charge is 2.20. The fourth-order valence-corrected chi connectivity index (χ4v) is 2.24. The predicted octanol–water partition coefficient (Wildman–Crippen LogP) is 0.812. The normalized spacial score (nSPS) is 16.6. The Kier molecular flexibility index (Phi) is 4.13. The topological polar surface area (TPSA) is 50.5 Å². The molecule has 0 aromatic heterocycles. The third-order valence-corrected chi connectivity index (χ3v) is 3.23. The van der Waals surface area contributed by atoms with Gasteiger partial charge in [0.25, 0.3) is 0 Å². The number of β-amino-alcohol motifs (C(OH)–C–C–N with tert-alkyl or cyclic N) is 1. The Morgan fingerprint density at radius 2 is 2.00 bits per heavy atom. The molecular weight excluding hydrogens is 233 g/mol. The summed E-state index contributed by atoms with van der Waals surface area (Å²) in [6, 6.07) is 6.65. The van der Waals surface area contributed by atoms with E-state index in [0.29, 0.717) is 12.2 Å². The van der Waals surface area contributed by atoms with E-state index in [4.69, 9.17) is 10.4 Å². The Balaban J connectivity index is 2.10. The van der Waals surface area contributed by atoms with Gasteiger partial charge in [-0.1, -0.05) is 6.07 Å². The van der Waals surface area contributed by atoms with Crippen molar-refractivity contribution in [1.29, 1.82) is 5.26 Å². The molecule has 0 unspecified atom stereocenters. The lowest BCUT2D eigenvalue weighted by Gasteiger charge is -2.36. The summed E-state index contributed by atoms with van der Waals surface area (Å²) in [6.07, 6.45) is 0. The van der Waals surface area contributed by atoms with Crippen LogP contribution in [0.5, 0.6) is 0 Å². The largest absolute Gasteiger partial charge is 0.395 e. The smallest absolute Gasteiger partial charge is 0.143 e. The molecule has 1 fully saturated rings. The Labute approximate surface area is 106 Å². The van der Waals surface area contributed by atoms with E-state index >= 15 is 0 Å². The van der Waals surface area contributed by atoms with Gasteiger partial charge in [0.1, 0.15) is 17.4 Å². The number of aliphatic hydroxyl groups is 1. The summed E-state index contributed by atoms with van der Waals surface area (Å²) in [5.74, 6) is -0.465. The van der Waals surface area contributed by atoms with Gasteiger partial charge in [-0.3, -0.25) is 4.90 Å². The van der Waals surface area contributed by atoms with Gasteiger partial charge in [0.15, 0.2) is 0 Å². The van der Waals surface area contributed by atoms with E-state index in [1.165, 1.54) is 6.07 Å². The molecule has 1 aliphatic heterocycles. The van der Waals surface area contributed by atoms with Crippen molar-refractivity contribution in [2.45, 2.75) is 0 Å². The lowest BCUT2D eigenvalue weighted by atomic mass is 10.1. The summed E-state index contributed by atoms with van der Waals surface area (Å²) in [5.41, 5.74) is 0.786. The summed E-state index contributed by atoms with van der Waals surface area (Å²) in [5, 5.41) is 17.9. The average molecular weight is 249 g/mol. The Hall–Kier alpha value is -1.64. The molecule has 0 amide bonds. The molecule has 1 heterocycles. The van der Waals surface area contributed by atoms with Crippen molar-refractivity contribution in [1.82, 2.24) is 4.90 Å². The summed E-state index contributed by atoms with van der Waals surface area (Å²) in [4.78, 5) is 4.18. The first-order valence-corrected chi connectivity index (χ1v) is 6.03. The Morgan fingerprint density at radius 3 is 2.61 bits per heavy atom. The van der Waals surface area contributed by atoms with Crippen LogP contribution in [0.4, 0.5) is 10.1 Å². The lowest BCUT2D eigenvalue weighted by molar-refractivity contribution is 0.188. The van der Waals surface area contributed by atoms with Crippen molar-refractivity contribution >= 4 is 5.69 Å². The number of nitriles is 1. The molecule has 1 saturated heterocycles. The quantitative estimate of drug-likeness (QED) is 0.861. The van der Waals surface area contributed by atoms with Gasteiger partial charge >= 0.3 is 0 Å². The van der Waals surface area contributed by atoms with E-state index < -0.39 is 5.82 Å². The zero-order chi connectivity index (χ0) is 13.0. The first kappa shape index (κ1) is 12.8. The second-order valence-corrected chi connectivity index (χ2v) is 4.30. The number of piperazine rings is 1. The average Bonchev–Trinajstić information content (AvgIpc) is 2.40. The van der Waals surface area contributed by atoms with Gasteiger partial charge in [-0.15, -0.1) is 0 Å². The predicted molar refractivity (Wildman–Crippen MR) is 66.9 cm³/mol. The number of hydrogen-bond acceptors (Lipinski definition) is 4. The SMILES string of the molecule is N#Cc1c(F)cccc1N1CCN(CCO)CC1. The number of nitrogens with zero attached hydrogens (tertiary/aromatic N) is 3. The van der Waals surface area contributed by atoms with Gasteiger partial charge in [-0.25, -0.2) is 4.39 Å². The van der Waals surface area contributed by atoms with E-state index in [1.807, 2.05) is 11.0 Å². The molecule has 1 aromatic rings. The lowest BCUT2D eigenvalue weighted by Crippen LogP contribution is -2.47. The minimum Gasteiger partial charge on any atom is -0.395 e. The van der Waals surface area contributed by atoms with Crippen molar-refractivity contribution < 1.29 is 9.50 Å². The van der Waals surface area contributed by atoms with Crippen LogP contribution in [0.1, 0.15) is 5.56 Å². The van der Waals surface area contributed by atoms with Crippen LogP contribution in [0, 0.1) is 17.1 Å². The maximum Gasteiger partial charge on any atom is 0.143 e. The summed E-state index contributed by atoms with van der Waals surface area (Å²) in [7, 11) is 0. The zero-order valence-electron chi connectivity index (χ0n) is 10.1. The molecule has 1 aromatic carbocycles. The van der Waals surface area contributed by atoms with Crippen LogP contribution < -0.4 is 4.90 Å². The van der Waals surface area contributed by atoms with E-state index in [9.17, 15) is 4.39 Å². The van der Waals surface area contributed by atoms with Crippen LogP contribution in [-0.4, -0.2) is 49.3 Å². The van der Waals surface area contributed by atoms with Crippen LogP contribution >= 0.6 is 0 Å². The number of benzene rings is 1. The van der Waals surface area contributed by atoms with Crippen LogP contribution in [0.2, 0.25) is 0 Å². The second kappa shape index (κ2) is 5.80. The monoisotopic (exact) mass is 249 g/mol. The summed E-state index contributed by atoms with van der Waals surface area (Å²) < 4.78 is 13.5.